The number of carboxylic acids is 1. The summed E-state index contributed by atoms with van der Waals surface area (Å²) in [6.07, 6.45) is 3.61. The summed E-state index contributed by atoms with van der Waals surface area (Å²) < 4.78 is 0. The van der Waals surface area contributed by atoms with Gasteiger partial charge in [0.15, 0.2) is 0 Å². The normalized spacial score (nSPS) is 12.1. The van der Waals surface area contributed by atoms with E-state index in [0.29, 0.717) is 6.42 Å². The fourth-order valence-corrected chi connectivity index (χ4v) is 2.82. The second kappa shape index (κ2) is 7.32. The van der Waals surface area contributed by atoms with Crippen LogP contribution in [0.1, 0.15) is 31.2 Å². The van der Waals surface area contributed by atoms with Crippen LogP contribution in [0.25, 0.3) is 11.1 Å². The third-order valence-electron chi connectivity index (χ3n) is 3.61. The van der Waals surface area contributed by atoms with Crippen LogP contribution < -0.4 is 0 Å². The molecule has 0 bridgehead atoms. The molecule has 0 aliphatic carbocycles. The van der Waals surface area contributed by atoms with Crippen LogP contribution in [0, 0.1) is 0 Å². The standard InChI is InChI=1S/C18H20O2S/c1-3-4-17(18(19)20)15-7-5-13(6-8-15)14-9-11-16(21-2)12-10-14/h5-12,17H,3-4H2,1-2H3,(H,19,20). The zero-order valence-corrected chi connectivity index (χ0v) is 13.2. The Balaban J connectivity index is 2.22. The minimum atomic E-state index is -0.742. The maximum Gasteiger partial charge on any atom is 0.310 e. The SMILES string of the molecule is CCCC(C(=O)O)c1ccc(-c2ccc(SC)cc2)cc1. The van der Waals surface area contributed by atoms with Crippen molar-refractivity contribution in [3.63, 3.8) is 0 Å². The molecule has 1 atom stereocenters. The first-order valence-electron chi connectivity index (χ1n) is 7.13. The van der Waals surface area contributed by atoms with Crippen LogP contribution in [0.2, 0.25) is 0 Å². The van der Waals surface area contributed by atoms with Gasteiger partial charge in [-0.3, -0.25) is 4.79 Å². The Morgan fingerprint density at radius 1 is 1.05 bits per heavy atom. The Kier molecular flexibility index (Phi) is 5.45. The molecule has 2 rings (SSSR count). The molecule has 2 aromatic carbocycles. The minimum absolute atomic E-state index is 0.400. The van der Waals surface area contributed by atoms with Gasteiger partial charge in [0.05, 0.1) is 5.92 Å². The van der Waals surface area contributed by atoms with Crippen molar-refractivity contribution in [2.45, 2.75) is 30.6 Å². The van der Waals surface area contributed by atoms with Crippen LogP contribution in [0.4, 0.5) is 0 Å². The zero-order valence-electron chi connectivity index (χ0n) is 12.4. The lowest BCUT2D eigenvalue weighted by atomic mass is 9.93. The first-order valence-corrected chi connectivity index (χ1v) is 8.35. The number of aliphatic carboxylic acids is 1. The number of thioether (sulfide) groups is 1. The van der Waals surface area contributed by atoms with E-state index in [2.05, 4.69) is 30.5 Å². The summed E-state index contributed by atoms with van der Waals surface area (Å²) in [6, 6.07) is 16.3. The van der Waals surface area contributed by atoms with Gasteiger partial charge < -0.3 is 5.11 Å². The van der Waals surface area contributed by atoms with Crippen molar-refractivity contribution in [3.8, 4) is 11.1 Å². The molecule has 0 amide bonds. The van der Waals surface area contributed by atoms with Gasteiger partial charge in [0.25, 0.3) is 0 Å². The van der Waals surface area contributed by atoms with Crippen LogP contribution in [0.3, 0.4) is 0 Å². The predicted octanol–water partition coefficient (Wildman–Crippen LogP) is 5.04. The molecule has 2 nitrogen and oxygen atoms in total. The Hall–Kier alpha value is -1.74. The van der Waals surface area contributed by atoms with E-state index < -0.39 is 11.9 Å². The molecular formula is C18H20O2S. The van der Waals surface area contributed by atoms with Crippen LogP contribution in [-0.2, 0) is 4.79 Å². The smallest absolute Gasteiger partial charge is 0.310 e. The van der Waals surface area contributed by atoms with Gasteiger partial charge in [0, 0.05) is 4.90 Å². The summed E-state index contributed by atoms with van der Waals surface area (Å²) in [5.41, 5.74) is 3.16. The molecule has 0 aliphatic rings. The van der Waals surface area contributed by atoms with Gasteiger partial charge in [-0.25, -0.2) is 0 Å². The van der Waals surface area contributed by atoms with Crippen molar-refractivity contribution in [2.75, 3.05) is 6.26 Å². The first kappa shape index (κ1) is 15.6. The second-order valence-corrected chi connectivity index (χ2v) is 5.91. The highest BCUT2D eigenvalue weighted by atomic mass is 32.2. The van der Waals surface area contributed by atoms with Crippen molar-refractivity contribution in [1.82, 2.24) is 0 Å². The molecule has 2 aromatic rings. The number of hydrogen-bond donors (Lipinski definition) is 1. The Bertz CT molecular complexity index is 588. The maximum absolute atomic E-state index is 11.3. The Morgan fingerprint density at radius 2 is 1.57 bits per heavy atom. The van der Waals surface area contributed by atoms with Gasteiger partial charge in [-0.05, 0) is 41.5 Å². The van der Waals surface area contributed by atoms with E-state index in [0.717, 1.165) is 23.1 Å². The van der Waals surface area contributed by atoms with E-state index in [9.17, 15) is 9.90 Å². The average molecular weight is 300 g/mol. The molecule has 0 aliphatic heterocycles. The van der Waals surface area contributed by atoms with E-state index in [4.69, 9.17) is 0 Å². The van der Waals surface area contributed by atoms with Gasteiger partial charge >= 0.3 is 5.97 Å². The third-order valence-corrected chi connectivity index (χ3v) is 4.36. The molecule has 21 heavy (non-hydrogen) atoms. The second-order valence-electron chi connectivity index (χ2n) is 5.03. The molecule has 0 saturated carbocycles. The highest BCUT2D eigenvalue weighted by Gasteiger charge is 2.18. The first-order chi connectivity index (χ1) is 10.2. The lowest BCUT2D eigenvalue weighted by Crippen LogP contribution is -2.11. The number of carboxylic acid groups (broad SMARTS) is 1. The zero-order chi connectivity index (χ0) is 15.2. The largest absolute Gasteiger partial charge is 0.481 e. The number of carbonyl (C=O) groups is 1. The van der Waals surface area contributed by atoms with Crippen molar-refractivity contribution < 1.29 is 9.90 Å². The van der Waals surface area contributed by atoms with Crippen LogP contribution >= 0.6 is 11.8 Å². The van der Waals surface area contributed by atoms with E-state index in [1.807, 2.05) is 31.2 Å². The van der Waals surface area contributed by atoms with Gasteiger partial charge in [-0.1, -0.05) is 49.7 Å². The summed E-state index contributed by atoms with van der Waals surface area (Å²) >= 11 is 1.72. The Morgan fingerprint density at radius 3 is 2.00 bits per heavy atom. The molecule has 0 fully saturated rings. The van der Waals surface area contributed by atoms with Crippen molar-refractivity contribution in [3.05, 3.63) is 54.1 Å². The quantitative estimate of drug-likeness (QED) is 0.759. The monoisotopic (exact) mass is 300 g/mol. The maximum atomic E-state index is 11.3. The number of hydrogen-bond acceptors (Lipinski definition) is 2. The van der Waals surface area contributed by atoms with E-state index in [-0.39, 0.29) is 0 Å². The molecule has 1 unspecified atom stereocenters. The molecule has 1 N–H and O–H groups in total. The summed E-state index contributed by atoms with van der Waals surface area (Å²) in [7, 11) is 0. The van der Waals surface area contributed by atoms with Gasteiger partial charge in [-0.2, -0.15) is 0 Å². The van der Waals surface area contributed by atoms with Crippen LogP contribution in [0.5, 0.6) is 0 Å². The molecule has 3 heteroatoms. The van der Waals surface area contributed by atoms with Gasteiger partial charge in [-0.15, -0.1) is 11.8 Å². The van der Waals surface area contributed by atoms with Crippen molar-refractivity contribution in [1.29, 1.82) is 0 Å². The fourth-order valence-electron chi connectivity index (χ4n) is 2.41. The van der Waals surface area contributed by atoms with Crippen molar-refractivity contribution in [2.24, 2.45) is 0 Å². The molecule has 0 heterocycles. The molecule has 0 radical (unpaired) electrons. The number of benzene rings is 2. The Labute approximate surface area is 130 Å². The third kappa shape index (κ3) is 3.88. The molecular weight excluding hydrogens is 280 g/mol. The minimum Gasteiger partial charge on any atom is -0.481 e. The molecule has 0 saturated heterocycles. The average Bonchev–Trinajstić information content (AvgIpc) is 2.53. The van der Waals surface area contributed by atoms with Crippen LogP contribution in [0.15, 0.2) is 53.4 Å². The summed E-state index contributed by atoms with van der Waals surface area (Å²) in [5.74, 6) is -1.14. The van der Waals surface area contributed by atoms with E-state index in [1.54, 1.807) is 11.8 Å². The van der Waals surface area contributed by atoms with Crippen LogP contribution in [-0.4, -0.2) is 17.3 Å². The highest BCUT2D eigenvalue weighted by Crippen LogP contribution is 2.27. The molecule has 110 valence electrons. The summed E-state index contributed by atoms with van der Waals surface area (Å²) in [6.45, 7) is 2.01. The lowest BCUT2D eigenvalue weighted by molar-refractivity contribution is -0.139. The summed E-state index contributed by atoms with van der Waals surface area (Å²) in [5, 5.41) is 9.30. The number of rotatable bonds is 6. The summed E-state index contributed by atoms with van der Waals surface area (Å²) in [4.78, 5) is 12.6. The van der Waals surface area contributed by atoms with E-state index in [1.165, 1.54) is 4.90 Å². The van der Waals surface area contributed by atoms with Gasteiger partial charge in [0.1, 0.15) is 0 Å². The topological polar surface area (TPSA) is 37.3 Å². The molecule has 0 spiro atoms. The molecule has 0 aromatic heterocycles. The predicted molar refractivity (Wildman–Crippen MR) is 88.9 cm³/mol. The van der Waals surface area contributed by atoms with E-state index >= 15 is 0 Å². The van der Waals surface area contributed by atoms with Crippen molar-refractivity contribution >= 4 is 17.7 Å². The lowest BCUT2D eigenvalue weighted by Gasteiger charge is -2.12. The fraction of sp³-hybridized carbons (Fsp3) is 0.278. The highest BCUT2D eigenvalue weighted by molar-refractivity contribution is 7.98. The van der Waals surface area contributed by atoms with Gasteiger partial charge in [0.2, 0.25) is 0 Å².